The van der Waals surface area contributed by atoms with E-state index in [0.29, 0.717) is 29.3 Å². The molecule has 0 radical (unpaired) electrons. The Labute approximate surface area is 162 Å². The van der Waals surface area contributed by atoms with Crippen LogP contribution in [0.5, 0.6) is 0 Å². The van der Waals surface area contributed by atoms with Gasteiger partial charge in [0.05, 0.1) is 16.8 Å². The molecule has 7 nitrogen and oxygen atoms in total. The van der Waals surface area contributed by atoms with Gasteiger partial charge in [0.25, 0.3) is 17.7 Å². The second kappa shape index (κ2) is 7.58. The van der Waals surface area contributed by atoms with Gasteiger partial charge in [0.15, 0.2) is 5.13 Å². The number of nitrogens with one attached hydrogen (secondary N) is 1. The van der Waals surface area contributed by atoms with Crippen LogP contribution in [-0.4, -0.2) is 53.1 Å². The smallest absolute Gasteiger partial charge is 0.261 e. The highest BCUT2D eigenvalue weighted by atomic mass is 32.1. The lowest BCUT2D eigenvalue weighted by Crippen LogP contribution is -2.33. The van der Waals surface area contributed by atoms with Crippen molar-refractivity contribution in [3.63, 3.8) is 0 Å². The summed E-state index contributed by atoms with van der Waals surface area (Å²) in [6.07, 6.45) is 0. The number of amides is 3. The maximum Gasteiger partial charge on any atom is 0.261 e. The van der Waals surface area contributed by atoms with E-state index in [1.165, 1.54) is 22.3 Å². The minimum absolute atomic E-state index is 0.177. The molecule has 3 rings (SSSR count). The fourth-order valence-corrected chi connectivity index (χ4v) is 3.59. The highest BCUT2D eigenvalue weighted by Gasteiger charge is 2.36. The number of anilines is 1. The Kier molecular flexibility index (Phi) is 5.38. The summed E-state index contributed by atoms with van der Waals surface area (Å²) in [6, 6.07) is 4.59. The zero-order valence-electron chi connectivity index (χ0n) is 15.8. The van der Waals surface area contributed by atoms with Gasteiger partial charge in [-0.3, -0.25) is 24.6 Å². The van der Waals surface area contributed by atoms with Crippen LogP contribution < -0.4 is 5.32 Å². The Morgan fingerprint density at radius 1 is 1.22 bits per heavy atom. The lowest BCUT2D eigenvalue weighted by molar-refractivity contribution is 0.0636. The molecular formula is C19H22N4O3S. The first kappa shape index (κ1) is 19.2. The van der Waals surface area contributed by atoms with Crippen molar-refractivity contribution in [3.05, 3.63) is 46.0 Å². The summed E-state index contributed by atoms with van der Waals surface area (Å²) in [5.74, 6) is -0.827. The Balaban J connectivity index is 1.77. The summed E-state index contributed by atoms with van der Waals surface area (Å²) in [4.78, 5) is 45.1. The predicted molar refractivity (Wildman–Crippen MR) is 104 cm³/mol. The van der Waals surface area contributed by atoms with E-state index in [0.717, 1.165) is 5.69 Å². The third kappa shape index (κ3) is 4.06. The molecule has 0 saturated heterocycles. The number of benzene rings is 1. The molecule has 1 aliphatic rings. The van der Waals surface area contributed by atoms with Crippen LogP contribution in [0.3, 0.4) is 0 Å². The van der Waals surface area contributed by atoms with Crippen molar-refractivity contribution in [1.82, 2.24) is 14.8 Å². The van der Waals surface area contributed by atoms with Crippen LogP contribution in [0, 0.1) is 5.92 Å². The van der Waals surface area contributed by atoms with Gasteiger partial charge in [-0.05, 0) is 38.2 Å². The monoisotopic (exact) mass is 386 g/mol. The molecule has 1 aromatic carbocycles. The molecule has 3 amide bonds. The Morgan fingerprint density at radius 2 is 1.93 bits per heavy atom. The summed E-state index contributed by atoms with van der Waals surface area (Å²) in [5.41, 5.74) is 1.82. The van der Waals surface area contributed by atoms with E-state index >= 15 is 0 Å². The third-order valence-corrected chi connectivity index (χ3v) is 4.84. The second-order valence-corrected chi connectivity index (χ2v) is 8.07. The molecule has 0 fully saturated rings. The molecule has 1 aromatic heterocycles. The number of hydrogen-bond acceptors (Lipinski definition) is 6. The van der Waals surface area contributed by atoms with Crippen molar-refractivity contribution in [3.8, 4) is 0 Å². The minimum Gasteiger partial charge on any atom is -0.304 e. The normalized spacial score (nSPS) is 13.6. The zero-order valence-corrected chi connectivity index (χ0v) is 16.6. The van der Waals surface area contributed by atoms with Crippen molar-refractivity contribution in [2.45, 2.75) is 20.4 Å². The molecule has 0 saturated carbocycles. The molecule has 0 aliphatic carbocycles. The van der Waals surface area contributed by atoms with E-state index in [1.807, 2.05) is 38.2 Å². The number of thiazole rings is 1. The van der Waals surface area contributed by atoms with Gasteiger partial charge in [-0.1, -0.05) is 13.8 Å². The summed E-state index contributed by atoms with van der Waals surface area (Å²) in [7, 11) is 3.89. The quantitative estimate of drug-likeness (QED) is 0.772. The first-order valence-electron chi connectivity index (χ1n) is 8.67. The van der Waals surface area contributed by atoms with Gasteiger partial charge < -0.3 is 4.90 Å². The topological polar surface area (TPSA) is 82.6 Å². The molecule has 1 N–H and O–H groups in total. The van der Waals surface area contributed by atoms with E-state index in [-0.39, 0.29) is 29.2 Å². The summed E-state index contributed by atoms with van der Waals surface area (Å²) in [6.45, 7) is 4.94. The van der Waals surface area contributed by atoms with Crippen LogP contribution in [0.25, 0.3) is 0 Å². The molecule has 0 atom stereocenters. The second-order valence-electron chi connectivity index (χ2n) is 7.21. The van der Waals surface area contributed by atoms with Gasteiger partial charge in [0.2, 0.25) is 0 Å². The first-order chi connectivity index (χ1) is 12.8. The molecule has 0 bridgehead atoms. The molecule has 2 heterocycles. The highest BCUT2D eigenvalue weighted by molar-refractivity contribution is 7.14. The Hall–Kier alpha value is -2.58. The molecule has 2 aromatic rings. The average molecular weight is 386 g/mol. The average Bonchev–Trinajstić information content (AvgIpc) is 3.12. The van der Waals surface area contributed by atoms with Gasteiger partial charge in [-0.25, -0.2) is 4.98 Å². The number of hydrogen-bond donors (Lipinski definition) is 1. The van der Waals surface area contributed by atoms with E-state index < -0.39 is 0 Å². The Morgan fingerprint density at radius 3 is 2.59 bits per heavy atom. The predicted octanol–water partition coefficient (Wildman–Crippen LogP) is 2.71. The minimum atomic E-state index is -0.355. The van der Waals surface area contributed by atoms with E-state index in [4.69, 9.17) is 0 Å². The van der Waals surface area contributed by atoms with E-state index in [1.54, 1.807) is 12.1 Å². The number of carbonyl (C=O) groups is 3. The number of fused-ring (bicyclic) bond motifs is 1. The van der Waals surface area contributed by atoms with Crippen molar-refractivity contribution in [1.29, 1.82) is 0 Å². The van der Waals surface area contributed by atoms with Crippen LogP contribution in [0.2, 0.25) is 0 Å². The van der Waals surface area contributed by atoms with Crippen LogP contribution in [0.1, 0.15) is 50.6 Å². The highest BCUT2D eigenvalue weighted by Crippen LogP contribution is 2.25. The molecule has 1 aliphatic heterocycles. The number of rotatable bonds is 6. The van der Waals surface area contributed by atoms with Crippen LogP contribution >= 0.6 is 11.3 Å². The van der Waals surface area contributed by atoms with Gasteiger partial charge in [-0.2, -0.15) is 0 Å². The van der Waals surface area contributed by atoms with Crippen LogP contribution in [0.4, 0.5) is 5.13 Å². The molecule has 0 spiro atoms. The van der Waals surface area contributed by atoms with E-state index in [2.05, 4.69) is 10.3 Å². The lowest BCUT2D eigenvalue weighted by atomic mass is 10.1. The molecule has 8 heteroatoms. The van der Waals surface area contributed by atoms with Crippen molar-refractivity contribution >= 4 is 34.2 Å². The standard InChI is InChI=1S/C19H22N4O3S/c1-11(2)8-23-17(25)14-6-5-12(7-15(14)18(23)26)16(24)21-19-20-13(10-27-19)9-22(3)4/h5-7,10-11H,8-9H2,1-4H3,(H,20,21,24). The lowest BCUT2D eigenvalue weighted by Gasteiger charge is -2.15. The number of imide groups is 1. The third-order valence-electron chi connectivity index (χ3n) is 4.03. The van der Waals surface area contributed by atoms with E-state index in [9.17, 15) is 14.4 Å². The largest absolute Gasteiger partial charge is 0.304 e. The zero-order chi connectivity index (χ0) is 19.7. The van der Waals surface area contributed by atoms with Crippen molar-refractivity contribution < 1.29 is 14.4 Å². The van der Waals surface area contributed by atoms with Gasteiger partial charge in [0, 0.05) is 24.0 Å². The fraction of sp³-hybridized carbons (Fsp3) is 0.368. The van der Waals surface area contributed by atoms with Gasteiger partial charge >= 0.3 is 0 Å². The number of nitrogens with zero attached hydrogens (tertiary/aromatic N) is 3. The van der Waals surface area contributed by atoms with Gasteiger partial charge in [-0.15, -0.1) is 11.3 Å². The molecular weight excluding hydrogens is 364 g/mol. The Bertz CT molecular complexity index is 904. The van der Waals surface area contributed by atoms with Gasteiger partial charge in [0.1, 0.15) is 0 Å². The summed E-state index contributed by atoms with van der Waals surface area (Å²) in [5, 5.41) is 5.15. The number of carbonyl (C=O) groups excluding carboxylic acids is 3. The number of aromatic nitrogens is 1. The van der Waals surface area contributed by atoms with Crippen molar-refractivity contribution in [2.75, 3.05) is 26.0 Å². The fourth-order valence-electron chi connectivity index (χ4n) is 2.89. The molecule has 27 heavy (non-hydrogen) atoms. The molecule has 0 unspecified atom stereocenters. The van der Waals surface area contributed by atoms with Crippen LogP contribution in [0.15, 0.2) is 23.6 Å². The van der Waals surface area contributed by atoms with Crippen molar-refractivity contribution in [2.24, 2.45) is 5.92 Å². The first-order valence-corrected chi connectivity index (χ1v) is 9.55. The van der Waals surface area contributed by atoms with Crippen LogP contribution in [-0.2, 0) is 6.54 Å². The molecule has 142 valence electrons. The summed E-state index contributed by atoms with van der Waals surface area (Å²) >= 11 is 1.35. The maximum atomic E-state index is 12.5. The summed E-state index contributed by atoms with van der Waals surface area (Å²) < 4.78 is 0. The SMILES string of the molecule is CC(C)CN1C(=O)c2ccc(C(=O)Nc3nc(CN(C)C)cs3)cc2C1=O. The maximum absolute atomic E-state index is 12.5.